The van der Waals surface area contributed by atoms with Crippen LogP contribution in [0.2, 0.25) is 0 Å². The van der Waals surface area contributed by atoms with Gasteiger partial charge in [-0.25, -0.2) is 4.98 Å². The summed E-state index contributed by atoms with van der Waals surface area (Å²) in [5.41, 5.74) is 2.90. The van der Waals surface area contributed by atoms with Crippen LogP contribution in [0.3, 0.4) is 0 Å². The molecule has 0 fully saturated rings. The van der Waals surface area contributed by atoms with Gasteiger partial charge in [-0.05, 0) is 13.8 Å². The normalized spacial score (nSPS) is 10.9. The van der Waals surface area contributed by atoms with Gasteiger partial charge < -0.3 is 5.32 Å². The van der Waals surface area contributed by atoms with Crippen molar-refractivity contribution in [2.24, 2.45) is 0 Å². The van der Waals surface area contributed by atoms with Gasteiger partial charge in [0.1, 0.15) is 10.7 Å². The second-order valence-electron chi connectivity index (χ2n) is 4.67. The van der Waals surface area contributed by atoms with E-state index in [0.29, 0.717) is 5.82 Å². The molecule has 0 aliphatic rings. The maximum Gasteiger partial charge on any atom is 0.222 e. The molecule has 1 aromatic carbocycles. The number of hydrogen-bond donors (Lipinski definition) is 1. The predicted octanol–water partition coefficient (Wildman–Crippen LogP) is 3.03. The molecule has 102 valence electrons. The van der Waals surface area contributed by atoms with Gasteiger partial charge in [-0.3, -0.25) is 4.79 Å². The maximum absolute atomic E-state index is 11.4. The molecule has 0 aliphatic heterocycles. The van der Waals surface area contributed by atoms with Gasteiger partial charge in [0.15, 0.2) is 5.82 Å². The molecule has 20 heavy (non-hydrogen) atoms. The quantitative estimate of drug-likeness (QED) is 0.787. The molecular formula is C14H14N4OS. The van der Waals surface area contributed by atoms with Crippen LogP contribution in [0.4, 0.5) is 5.82 Å². The largest absolute Gasteiger partial charge is 0.309 e. The van der Waals surface area contributed by atoms with Crippen molar-refractivity contribution in [2.75, 3.05) is 5.32 Å². The topological polar surface area (TPSA) is 59.3 Å². The Labute approximate surface area is 120 Å². The highest BCUT2D eigenvalue weighted by Crippen LogP contribution is 2.30. The minimum Gasteiger partial charge on any atom is -0.309 e. The van der Waals surface area contributed by atoms with E-state index in [9.17, 15) is 4.79 Å². The highest BCUT2D eigenvalue weighted by Gasteiger charge is 2.17. The van der Waals surface area contributed by atoms with E-state index < -0.39 is 0 Å². The predicted molar refractivity (Wildman–Crippen MR) is 80.1 cm³/mol. The Morgan fingerprint density at radius 2 is 1.95 bits per heavy atom. The van der Waals surface area contributed by atoms with Crippen LogP contribution in [-0.2, 0) is 4.79 Å². The third kappa shape index (κ3) is 2.18. The summed E-state index contributed by atoms with van der Waals surface area (Å²) >= 11 is 1.50. The molecule has 1 amide bonds. The van der Waals surface area contributed by atoms with Gasteiger partial charge in [-0.2, -0.15) is 9.61 Å². The fraction of sp³-hybridized carbons (Fsp3) is 0.214. The Morgan fingerprint density at radius 3 is 2.60 bits per heavy atom. The van der Waals surface area contributed by atoms with Gasteiger partial charge in [0.2, 0.25) is 10.9 Å². The zero-order valence-corrected chi connectivity index (χ0v) is 12.3. The second-order valence-corrected chi connectivity index (χ2v) is 5.83. The van der Waals surface area contributed by atoms with Crippen LogP contribution in [0.1, 0.15) is 17.5 Å². The zero-order chi connectivity index (χ0) is 14.3. The Balaban J connectivity index is 2.20. The number of amides is 1. The van der Waals surface area contributed by atoms with Crippen LogP contribution in [0.15, 0.2) is 24.3 Å². The number of aryl methyl sites for hydroxylation is 2. The molecule has 5 nitrogen and oxygen atoms in total. The molecule has 2 aromatic heterocycles. The van der Waals surface area contributed by atoms with Crippen LogP contribution < -0.4 is 5.32 Å². The second kappa shape index (κ2) is 4.72. The molecule has 0 aliphatic carbocycles. The Hall–Kier alpha value is -2.21. The summed E-state index contributed by atoms with van der Waals surface area (Å²) in [6, 6.07) is 8.05. The Morgan fingerprint density at radius 1 is 1.25 bits per heavy atom. The number of imidazole rings is 1. The van der Waals surface area contributed by atoms with Crippen LogP contribution in [-0.4, -0.2) is 20.5 Å². The van der Waals surface area contributed by atoms with Crippen molar-refractivity contribution in [1.82, 2.24) is 14.6 Å². The molecule has 0 saturated carbocycles. The minimum absolute atomic E-state index is 0.134. The van der Waals surface area contributed by atoms with Crippen LogP contribution >= 0.6 is 11.3 Å². The average Bonchev–Trinajstić information content (AvgIpc) is 2.88. The molecule has 3 rings (SSSR count). The number of nitrogens with one attached hydrogen (secondary N) is 1. The molecule has 2 heterocycles. The Bertz CT molecular complexity index is 785. The molecule has 6 heteroatoms. The molecule has 0 unspecified atom stereocenters. The van der Waals surface area contributed by atoms with Gasteiger partial charge in [0.25, 0.3) is 0 Å². The van der Waals surface area contributed by atoms with Crippen LogP contribution in [0.5, 0.6) is 0 Å². The summed E-state index contributed by atoms with van der Waals surface area (Å²) in [5, 5.41) is 8.13. The average molecular weight is 286 g/mol. The lowest BCUT2D eigenvalue weighted by atomic mass is 10.1. The van der Waals surface area contributed by atoms with Crippen LogP contribution in [0, 0.1) is 13.8 Å². The van der Waals surface area contributed by atoms with Crippen LogP contribution in [0.25, 0.3) is 16.2 Å². The number of anilines is 1. The molecule has 0 radical (unpaired) electrons. The molecule has 3 aromatic rings. The van der Waals surface area contributed by atoms with Gasteiger partial charge in [-0.1, -0.05) is 41.2 Å². The lowest BCUT2D eigenvalue weighted by Crippen LogP contribution is -2.09. The molecule has 0 bridgehead atoms. The van der Waals surface area contributed by atoms with Crippen molar-refractivity contribution in [2.45, 2.75) is 20.8 Å². The van der Waals surface area contributed by atoms with Crippen molar-refractivity contribution in [3.8, 4) is 11.3 Å². The van der Waals surface area contributed by atoms with E-state index in [-0.39, 0.29) is 5.91 Å². The standard InChI is InChI=1S/C14H14N4OS/c1-8-4-6-11(7-5-8)12-13(15-9(2)19)18-14(16-12)20-10(3)17-18/h4-7H,1-3H3,(H,15,19). The number of benzene rings is 1. The van der Waals surface area contributed by atoms with Gasteiger partial charge in [-0.15, -0.1) is 0 Å². The lowest BCUT2D eigenvalue weighted by molar-refractivity contribution is -0.114. The first-order chi connectivity index (χ1) is 9.54. The maximum atomic E-state index is 11.4. The van der Waals surface area contributed by atoms with Crippen molar-refractivity contribution in [3.63, 3.8) is 0 Å². The van der Waals surface area contributed by atoms with Gasteiger partial charge >= 0.3 is 0 Å². The molecule has 1 N–H and O–H groups in total. The highest BCUT2D eigenvalue weighted by atomic mass is 32.1. The molecular weight excluding hydrogens is 272 g/mol. The number of rotatable bonds is 2. The van der Waals surface area contributed by atoms with Crippen molar-refractivity contribution in [3.05, 3.63) is 34.8 Å². The van der Waals surface area contributed by atoms with E-state index in [2.05, 4.69) is 15.4 Å². The molecule has 0 saturated heterocycles. The van der Waals surface area contributed by atoms with E-state index in [0.717, 1.165) is 21.2 Å². The van der Waals surface area contributed by atoms with Crippen molar-refractivity contribution >= 4 is 28.0 Å². The van der Waals surface area contributed by atoms with E-state index in [1.807, 2.05) is 38.1 Å². The minimum atomic E-state index is -0.134. The fourth-order valence-corrected chi connectivity index (χ4v) is 2.78. The Kier molecular flexibility index (Phi) is 3.02. The third-order valence-electron chi connectivity index (χ3n) is 2.92. The van der Waals surface area contributed by atoms with Crippen molar-refractivity contribution in [1.29, 1.82) is 0 Å². The number of carbonyl (C=O) groups is 1. The SMILES string of the molecule is CC(=O)Nc1c(-c2ccc(C)cc2)nc2sc(C)nn12. The number of fused-ring (bicyclic) bond motifs is 1. The summed E-state index contributed by atoms with van der Waals surface area (Å²) in [4.78, 5) is 16.8. The molecule has 0 spiro atoms. The number of hydrogen-bond acceptors (Lipinski definition) is 4. The first-order valence-electron chi connectivity index (χ1n) is 6.25. The van der Waals surface area contributed by atoms with E-state index in [4.69, 9.17) is 0 Å². The summed E-state index contributed by atoms with van der Waals surface area (Å²) in [7, 11) is 0. The number of carbonyl (C=O) groups excluding carboxylic acids is 1. The monoisotopic (exact) mass is 286 g/mol. The lowest BCUT2D eigenvalue weighted by Gasteiger charge is -2.04. The summed E-state index contributed by atoms with van der Waals surface area (Å²) in [6.45, 7) is 5.44. The third-order valence-corrected chi connectivity index (χ3v) is 3.75. The fourth-order valence-electron chi connectivity index (χ4n) is 2.04. The highest BCUT2D eigenvalue weighted by molar-refractivity contribution is 7.16. The molecule has 0 atom stereocenters. The van der Waals surface area contributed by atoms with E-state index in [1.165, 1.54) is 23.8 Å². The first kappa shape index (κ1) is 12.8. The zero-order valence-electron chi connectivity index (χ0n) is 11.5. The van der Waals surface area contributed by atoms with E-state index in [1.54, 1.807) is 4.52 Å². The van der Waals surface area contributed by atoms with E-state index >= 15 is 0 Å². The first-order valence-corrected chi connectivity index (χ1v) is 7.07. The van der Waals surface area contributed by atoms with Gasteiger partial charge in [0, 0.05) is 12.5 Å². The summed E-state index contributed by atoms with van der Waals surface area (Å²) in [5.74, 6) is 0.492. The summed E-state index contributed by atoms with van der Waals surface area (Å²) in [6.07, 6.45) is 0. The smallest absolute Gasteiger partial charge is 0.222 e. The van der Waals surface area contributed by atoms with Gasteiger partial charge in [0.05, 0.1) is 0 Å². The van der Waals surface area contributed by atoms with Crippen molar-refractivity contribution < 1.29 is 4.79 Å². The number of nitrogens with zero attached hydrogens (tertiary/aromatic N) is 3. The number of aromatic nitrogens is 3. The summed E-state index contributed by atoms with van der Waals surface area (Å²) < 4.78 is 1.69.